The van der Waals surface area contributed by atoms with Gasteiger partial charge in [-0.2, -0.15) is 0 Å². The van der Waals surface area contributed by atoms with Gasteiger partial charge in [0, 0.05) is 26.3 Å². The van der Waals surface area contributed by atoms with E-state index in [1.165, 1.54) is 0 Å². The molecule has 0 heterocycles. The third kappa shape index (κ3) is 6.88. The first-order valence-electron chi connectivity index (χ1n) is 5.75. The fourth-order valence-electron chi connectivity index (χ4n) is 1.77. The van der Waals surface area contributed by atoms with Crippen molar-refractivity contribution in [3.05, 3.63) is 0 Å². The fourth-order valence-corrected chi connectivity index (χ4v) is 1.77. The summed E-state index contributed by atoms with van der Waals surface area (Å²) in [6, 6.07) is 0.887. The van der Waals surface area contributed by atoms with Crippen LogP contribution in [0, 0.1) is 0 Å². The Balaban J connectivity index is 3.94. The molecule has 3 nitrogen and oxygen atoms in total. The average Bonchev–Trinajstić information content (AvgIpc) is 2.16. The molecular formula is C12H27NO2. The normalized spacial score (nSPS) is 16.4. The Labute approximate surface area is 94.5 Å². The van der Waals surface area contributed by atoms with Gasteiger partial charge in [-0.1, -0.05) is 6.92 Å². The molecule has 0 rings (SSSR count). The lowest BCUT2D eigenvalue weighted by molar-refractivity contribution is 0.00658. The van der Waals surface area contributed by atoms with Gasteiger partial charge in [-0.25, -0.2) is 0 Å². The third-order valence-electron chi connectivity index (χ3n) is 2.73. The van der Waals surface area contributed by atoms with Gasteiger partial charge in [0.15, 0.2) is 0 Å². The van der Waals surface area contributed by atoms with Gasteiger partial charge in [-0.15, -0.1) is 0 Å². The molecule has 0 saturated heterocycles. The summed E-state index contributed by atoms with van der Waals surface area (Å²) < 4.78 is 10.6. The summed E-state index contributed by atoms with van der Waals surface area (Å²) in [6.45, 7) is 9.36. The molecule has 0 fully saturated rings. The molecule has 0 amide bonds. The fraction of sp³-hybridized carbons (Fsp3) is 1.00. The van der Waals surface area contributed by atoms with Crippen molar-refractivity contribution < 1.29 is 9.47 Å². The predicted molar refractivity (Wildman–Crippen MR) is 64.3 cm³/mol. The molecule has 0 spiro atoms. The summed E-state index contributed by atoms with van der Waals surface area (Å²) in [5.41, 5.74) is -0.0578. The molecule has 0 aromatic rings. The Morgan fingerprint density at radius 1 is 1.27 bits per heavy atom. The maximum atomic E-state index is 5.41. The molecule has 0 unspecified atom stereocenters. The van der Waals surface area contributed by atoms with Crippen LogP contribution in [0.1, 0.15) is 40.5 Å². The molecule has 0 aromatic carbocycles. The van der Waals surface area contributed by atoms with Crippen LogP contribution in [-0.2, 0) is 9.47 Å². The third-order valence-corrected chi connectivity index (χ3v) is 2.73. The Bertz CT molecular complexity index is 160. The number of methoxy groups -OCH3 is 2. The van der Waals surface area contributed by atoms with Gasteiger partial charge >= 0.3 is 0 Å². The van der Waals surface area contributed by atoms with Crippen LogP contribution in [-0.4, -0.2) is 38.5 Å². The van der Waals surface area contributed by atoms with E-state index in [9.17, 15) is 0 Å². The molecule has 0 aliphatic carbocycles. The van der Waals surface area contributed by atoms with Crippen molar-refractivity contribution in [2.75, 3.05) is 20.8 Å². The Morgan fingerprint density at radius 2 is 1.87 bits per heavy atom. The molecule has 0 aliphatic rings. The van der Waals surface area contributed by atoms with E-state index in [1.54, 1.807) is 14.2 Å². The molecule has 0 aliphatic heterocycles. The van der Waals surface area contributed by atoms with Crippen molar-refractivity contribution in [2.24, 2.45) is 0 Å². The van der Waals surface area contributed by atoms with E-state index in [0.717, 1.165) is 19.4 Å². The number of nitrogens with one attached hydrogen (secondary N) is 1. The second-order valence-electron chi connectivity index (χ2n) is 4.80. The first-order chi connectivity index (χ1) is 6.95. The van der Waals surface area contributed by atoms with E-state index in [2.05, 4.69) is 33.0 Å². The van der Waals surface area contributed by atoms with Gasteiger partial charge in [0.2, 0.25) is 0 Å². The topological polar surface area (TPSA) is 30.5 Å². The zero-order chi connectivity index (χ0) is 11.9. The largest absolute Gasteiger partial charge is 0.383 e. The Hall–Kier alpha value is -0.120. The molecule has 0 bridgehead atoms. The van der Waals surface area contributed by atoms with Crippen molar-refractivity contribution in [3.8, 4) is 0 Å². The highest BCUT2D eigenvalue weighted by Gasteiger charge is 2.21. The molecular weight excluding hydrogens is 190 g/mol. The molecule has 0 aromatic heterocycles. The molecule has 0 saturated carbocycles. The summed E-state index contributed by atoms with van der Waals surface area (Å²) in [4.78, 5) is 0. The van der Waals surface area contributed by atoms with Crippen molar-refractivity contribution in [2.45, 2.75) is 58.2 Å². The minimum Gasteiger partial charge on any atom is -0.383 e. The van der Waals surface area contributed by atoms with Crippen LogP contribution in [0.25, 0.3) is 0 Å². The van der Waals surface area contributed by atoms with Gasteiger partial charge in [-0.3, -0.25) is 0 Å². The highest BCUT2D eigenvalue weighted by Crippen LogP contribution is 2.15. The highest BCUT2D eigenvalue weighted by atomic mass is 16.5. The highest BCUT2D eigenvalue weighted by molar-refractivity contribution is 4.78. The summed E-state index contributed by atoms with van der Waals surface area (Å²) in [6.07, 6.45) is 2.09. The van der Waals surface area contributed by atoms with E-state index < -0.39 is 0 Å². The van der Waals surface area contributed by atoms with Crippen LogP contribution in [0.4, 0.5) is 0 Å². The number of hydrogen-bond acceptors (Lipinski definition) is 3. The van der Waals surface area contributed by atoms with Crippen LogP contribution in [0.15, 0.2) is 0 Å². The number of hydrogen-bond donors (Lipinski definition) is 1. The maximum absolute atomic E-state index is 5.41. The Kier molecular flexibility index (Phi) is 7.14. The zero-order valence-corrected chi connectivity index (χ0v) is 11.1. The minimum atomic E-state index is -0.0578. The molecule has 15 heavy (non-hydrogen) atoms. The lowest BCUT2D eigenvalue weighted by Crippen LogP contribution is -2.42. The first-order valence-corrected chi connectivity index (χ1v) is 5.75. The van der Waals surface area contributed by atoms with E-state index in [-0.39, 0.29) is 5.60 Å². The molecule has 1 N–H and O–H groups in total. The average molecular weight is 217 g/mol. The van der Waals surface area contributed by atoms with Crippen molar-refractivity contribution >= 4 is 0 Å². The van der Waals surface area contributed by atoms with E-state index in [0.29, 0.717) is 12.1 Å². The maximum Gasteiger partial charge on any atom is 0.0637 e. The second kappa shape index (κ2) is 7.20. The van der Waals surface area contributed by atoms with Crippen LogP contribution in [0.3, 0.4) is 0 Å². The quantitative estimate of drug-likeness (QED) is 0.676. The van der Waals surface area contributed by atoms with Gasteiger partial charge in [0.05, 0.1) is 12.2 Å². The molecule has 92 valence electrons. The van der Waals surface area contributed by atoms with Crippen molar-refractivity contribution in [3.63, 3.8) is 0 Å². The minimum absolute atomic E-state index is 0.0578. The lowest BCUT2D eigenvalue weighted by Gasteiger charge is -2.29. The Morgan fingerprint density at radius 3 is 2.27 bits per heavy atom. The van der Waals surface area contributed by atoms with Crippen molar-refractivity contribution in [1.82, 2.24) is 5.32 Å². The van der Waals surface area contributed by atoms with E-state index >= 15 is 0 Å². The SMILES string of the molecule is CC[C@@H](COC)N[C@H](C)CC(C)(C)OC. The summed E-state index contributed by atoms with van der Waals surface area (Å²) in [5.74, 6) is 0. The summed E-state index contributed by atoms with van der Waals surface area (Å²) >= 11 is 0. The van der Waals surface area contributed by atoms with Gasteiger partial charge < -0.3 is 14.8 Å². The summed E-state index contributed by atoms with van der Waals surface area (Å²) in [5, 5.41) is 3.55. The van der Waals surface area contributed by atoms with Crippen LogP contribution >= 0.6 is 0 Å². The van der Waals surface area contributed by atoms with Gasteiger partial charge in [-0.05, 0) is 33.6 Å². The molecule has 3 heteroatoms. The summed E-state index contributed by atoms with van der Waals surface area (Å²) in [7, 11) is 3.51. The van der Waals surface area contributed by atoms with Crippen molar-refractivity contribution in [1.29, 1.82) is 0 Å². The van der Waals surface area contributed by atoms with Gasteiger partial charge in [0.25, 0.3) is 0 Å². The number of ether oxygens (including phenoxy) is 2. The monoisotopic (exact) mass is 217 g/mol. The number of rotatable bonds is 8. The van der Waals surface area contributed by atoms with Crippen LogP contribution in [0.2, 0.25) is 0 Å². The first kappa shape index (κ1) is 14.9. The zero-order valence-electron chi connectivity index (χ0n) is 11.1. The van der Waals surface area contributed by atoms with Crippen LogP contribution < -0.4 is 5.32 Å². The lowest BCUT2D eigenvalue weighted by atomic mass is 9.99. The standard InChI is InChI=1S/C12H27NO2/c1-7-11(9-14-5)13-10(2)8-12(3,4)15-6/h10-11,13H,7-9H2,1-6H3/t10-,11+/m1/s1. The smallest absolute Gasteiger partial charge is 0.0637 e. The van der Waals surface area contributed by atoms with E-state index in [4.69, 9.17) is 9.47 Å². The predicted octanol–water partition coefficient (Wildman–Crippen LogP) is 2.20. The second-order valence-corrected chi connectivity index (χ2v) is 4.80. The van der Waals surface area contributed by atoms with E-state index in [1.807, 2.05) is 0 Å². The molecule has 0 radical (unpaired) electrons. The van der Waals surface area contributed by atoms with Crippen LogP contribution in [0.5, 0.6) is 0 Å². The molecule has 2 atom stereocenters. The van der Waals surface area contributed by atoms with Gasteiger partial charge in [0.1, 0.15) is 0 Å².